The van der Waals surface area contributed by atoms with Gasteiger partial charge in [0.2, 0.25) is 0 Å². The van der Waals surface area contributed by atoms with E-state index in [9.17, 15) is 4.79 Å². The summed E-state index contributed by atoms with van der Waals surface area (Å²) < 4.78 is 0. The Balaban J connectivity index is 2.04. The molecule has 0 unspecified atom stereocenters. The van der Waals surface area contributed by atoms with E-state index >= 15 is 0 Å². The Hall–Kier alpha value is -0.970. The molecule has 0 saturated heterocycles. The molecule has 0 aromatic carbocycles. The first-order chi connectivity index (χ1) is 8.18. The molecule has 0 atom stereocenters. The Labute approximate surface area is 105 Å². The van der Waals surface area contributed by atoms with Crippen LogP contribution in [0.15, 0.2) is 0 Å². The number of unbranched alkanes of at least 4 members (excludes halogenated alkanes) is 5. The fraction of sp³-hybridized carbons (Fsp3) is 0.800. The van der Waals surface area contributed by atoms with Crippen molar-refractivity contribution in [1.82, 2.24) is 0 Å². The first kappa shape index (κ1) is 14.1. The molecule has 17 heavy (non-hydrogen) atoms. The molecule has 0 bridgehead atoms. The smallest absolute Gasteiger partial charge is 0.303 e. The van der Waals surface area contributed by atoms with Gasteiger partial charge in [0.05, 0.1) is 6.42 Å². The minimum Gasteiger partial charge on any atom is -0.481 e. The maximum atomic E-state index is 10.6. The SMILES string of the molecule is CCCCCCCC#CCC1(CC(=O)O)CC1. The second-order valence-corrected chi connectivity index (χ2v) is 5.27. The Bertz CT molecular complexity index is 292. The number of carboxylic acid groups (broad SMARTS) is 1. The van der Waals surface area contributed by atoms with Crippen molar-refractivity contribution in [2.45, 2.75) is 71.1 Å². The van der Waals surface area contributed by atoms with Crippen LogP contribution in [0.25, 0.3) is 0 Å². The zero-order valence-corrected chi connectivity index (χ0v) is 10.9. The molecule has 1 N–H and O–H groups in total. The van der Waals surface area contributed by atoms with Gasteiger partial charge in [0.25, 0.3) is 0 Å². The van der Waals surface area contributed by atoms with Crippen LogP contribution in [-0.4, -0.2) is 11.1 Å². The molecular formula is C15H24O2. The molecule has 1 saturated carbocycles. The van der Waals surface area contributed by atoms with E-state index in [2.05, 4.69) is 18.8 Å². The van der Waals surface area contributed by atoms with Crippen molar-refractivity contribution in [3.8, 4) is 11.8 Å². The fourth-order valence-electron chi connectivity index (χ4n) is 2.07. The lowest BCUT2D eigenvalue weighted by molar-refractivity contribution is -0.138. The molecule has 0 spiro atoms. The lowest BCUT2D eigenvalue weighted by Gasteiger charge is -2.06. The number of carbonyl (C=O) groups is 1. The highest BCUT2D eigenvalue weighted by Gasteiger charge is 2.43. The second-order valence-electron chi connectivity index (χ2n) is 5.27. The Morgan fingerprint density at radius 1 is 1.18 bits per heavy atom. The van der Waals surface area contributed by atoms with E-state index in [1.807, 2.05) is 0 Å². The topological polar surface area (TPSA) is 37.3 Å². The van der Waals surface area contributed by atoms with Gasteiger partial charge in [-0.1, -0.05) is 32.6 Å². The summed E-state index contributed by atoms with van der Waals surface area (Å²) >= 11 is 0. The van der Waals surface area contributed by atoms with Crippen molar-refractivity contribution in [2.24, 2.45) is 5.41 Å². The summed E-state index contributed by atoms with van der Waals surface area (Å²) in [5.41, 5.74) is 0.0427. The van der Waals surface area contributed by atoms with Gasteiger partial charge in [0.1, 0.15) is 0 Å². The van der Waals surface area contributed by atoms with Gasteiger partial charge in [-0.25, -0.2) is 0 Å². The average molecular weight is 236 g/mol. The predicted molar refractivity (Wildman–Crippen MR) is 69.7 cm³/mol. The molecule has 0 aromatic rings. The van der Waals surface area contributed by atoms with E-state index in [0.29, 0.717) is 6.42 Å². The van der Waals surface area contributed by atoms with Gasteiger partial charge in [-0.05, 0) is 24.7 Å². The molecule has 1 aliphatic rings. The summed E-state index contributed by atoms with van der Waals surface area (Å²) in [5.74, 6) is 5.68. The van der Waals surface area contributed by atoms with Crippen LogP contribution in [0.5, 0.6) is 0 Å². The maximum absolute atomic E-state index is 10.6. The van der Waals surface area contributed by atoms with E-state index in [4.69, 9.17) is 5.11 Å². The molecule has 0 amide bonds. The lowest BCUT2D eigenvalue weighted by atomic mass is 9.98. The van der Waals surface area contributed by atoms with Gasteiger partial charge < -0.3 is 5.11 Å². The molecule has 96 valence electrons. The standard InChI is InChI=1S/C15H24O2/c1-2-3-4-5-6-7-8-9-10-15(11-12-15)13-14(16)17/h2-7,10-13H2,1H3,(H,16,17). The number of carboxylic acids is 1. The molecular weight excluding hydrogens is 212 g/mol. The van der Waals surface area contributed by atoms with E-state index in [1.165, 1.54) is 32.1 Å². The summed E-state index contributed by atoms with van der Waals surface area (Å²) in [4.78, 5) is 10.6. The van der Waals surface area contributed by atoms with Crippen molar-refractivity contribution in [3.63, 3.8) is 0 Å². The number of rotatable bonds is 8. The van der Waals surface area contributed by atoms with Crippen molar-refractivity contribution in [1.29, 1.82) is 0 Å². The van der Waals surface area contributed by atoms with Gasteiger partial charge in [0.15, 0.2) is 0 Å². The monoisotopic (exact) mass is 236 g/mol. The molecule has 1 rings (SSSR count). The van der Waals surface area contributed by atoms with Gasteiger partial charge in [-0.15, -0.1) is 11.8 Å². The second kappa shape index (κ2) is 7.37. The molecule has 2 heteroatoms. The summed E-state index contributed by atoms with van der Waals surface area (Å²) in [7, 11) is 0. The average Bonchev–Trinajstić information content (AvgIpc) is 3.01. The van der Waals surface area contributed by atoms with Crippen LogP contribution in [0.2, 0.25) is 0 Å². The van der Waals surface area contributed by atoms with Crippen LogP contribution in [-0.2, 0) is 4.79 Å². The quantitative estimate of drug-likeness (QED) is 0.511. The Kier molecular flexibility index (Phi) is 6.11. The number of hydrogen-bond acceptors (Lipinski definition) is 1. The van der Waals surface area contributed by atoms with Gasteiger partial charge in [0, 0.05) is 12.8 Å². The summed E-state index contributed by atoms with van der Waals surface area (Å²) in [6.45, 7) is 2.22. The highest BCUT2D eigenvalue weighted by atomic mass is 16.4. The normalized spacial score (nSPS) is 16.1. The minimum atomic E-state index is -0.677. The van der Waals surface area contributed by atoms with Gasteiger partial charge in [-0.3, -0.25) is 4.79 Å². The van der Waals surface area contributed by atoms with E-state index in [1.54, 1.807) is 0 Å². The van der Waals surface area contributed by atoms with Crippen LogP contribution in [0.1, 0.15) is 71.1 Å². The third-order valence-corrected chi connectivity index (χ3v) is 3.48. The maximum Gasteiger partial charge on any atom is 0.303 e. The number of hydrogen-bond donors (Lipinski definition) is 1. The van der Waals surface area contributed by atoms with Crippen molar-refractivity contribution < 1.29 is 9.90 Å². The van der Waals surface area contributed by atoms with Crippen molar-refractivity contribution in [3.05, 3.63) is 0 Å². The zero-order chi connectivity index (χ0) is 12.6. The van der Waals surface area contributed by atoms with Crippen LogP contribution < -0.4 is 0 Å². The first-order valence-electron chi connectivity index (χ1n) is 6.86. The highest BCUT2D eigenvalue weighted by Crippen LogP contribution is 2.51. The summed E-state index contributed by atoms with van der Waals surface area (Å²) in [6.07, 6.45) is 10.6. The lowest BCUT2D eigenvalue weighted by Crippen LogP contribution is -2.07. The zero-order valence-electron chi connectivity index (χ0n) is 10.9. The molecule has 1 aliphatic carbocycles. The largest absolute Gasteiger partial charge is 0.481 e. The van der Waals surface area contributed by atoms with Crippen molar-refractivity contribution >= 4 is 5.97 Å². The predicted octanol–water partition coefficient (Wildman–Crippen LogP) is 4.00. The van der Waals surface area contributed by atoms with Crippen molar-refractivity contribution in [2.75, 3.05) is 0 Å². The highest BCUT2D eigenvalue weighted by molar-refractivity contribution is 5.68. The number of aliphatic carboxylic acids is 1. The minimum absolute atomic E-state index is 0.0427. The molecule has 1 fully saturated rings. The van der Waals surface area contributed by atoms with Crippen LogP contribution in [0.4, 0.5) is 0 Å². The van der Waals surface area contributed by atoms with Gasteiger partial charge in [-0.2, -0.15) is 0 Å². The Morgan fingerprint density at radius 2 is 1.88 bits per heavy atom. The third-order valence-electron chi connectivity index (χ3n) is 3.48. The first-order valence-corrected chi connectivity index (χ1v) is 6.86. The Morgan fingerprint density at radius 3 is 2.47 bits per heavy atom. The van der Waals surface area contributed by atoms with E-state index in [-0.39, 0.29) is 5.41 Å². The summed E-state index contributed by atoms with van der Waals surface area (Å²) in [5, 5.41) is 8.76. The van der Waals surface area contributed by atoms with E-state index in [0.717, 1.165) is 25.7 Å². The van der Waals surface area contributed by atoms with Gasteiger partial charge >= 0.3 is 5.97 Å². The molecule has 2 nitrogen and oxygen atoms in total. The molecule has 0 aromatic heterocycles. The van der Waals surface area contributed by atoms with Crippen LogP contribution in [0.3, 0.4) is 0 Å². The van der Waals surface area contributed by atoms with Crippen LogP contribution >= 0.6 is 0 Å². The third kappa shape index (κ3) is 6.36. The summed E-state index contributed by atoms with van der Waals surface area (Å²) in [6, 6.07) is 0. The van der Waals surface area contributed by atoms with E-state index < -0.39 is 5.97 Å². The molecule has 0 heterocycles. The molecule has 0 radical (unpaired) electrons. The van der Waals surface area contributed by atoms with Crippen LogP contribution in [0, 0.1) is 17.3 Å². The fourth-order valence-corrected chi connectivity index (χ4v) is 2.07. The molecule has 0 aliphatic heterocycles.